The van der Waals surface area contributed by atoms with E-state index in [9.17, 15) is 19.2 Å². The molecule has 1 fully saturated rings. The number of carbonyl (C=O) groups excluding carboxylic acids is 4. The van der Waals surface area contributed by atoms with Gasteiger partial charge < -0.3 is 20.3 Å². The average Bonchev–Trinajstić information content (AvgIpc) is 3.29. The van der Waals surface area contributed by atoms with Gasteiger partial charge in [0.05, 0.1) is 11.3 Å². The third-order valence-electron chi connectivity index (χ3n) is 5.28. The van der Waals surface area contributed by atoms with Crippen molar-refractivity contribution in [3.05, 3.63) is 90.0 Å². The van der Waals surface area contributed by atoms with E-state index in [1.54, 1.807) is 77.7 Å². The fourth-order valence-corrected chi connectivity index (χ4v) is 3.63. The van der Waals surface area contributed by atoms with E-state index in [0.29, 0.717) is 29.9 Å². The summed E-state index contributed by atoms with van der Waals surface area (Å²) in [6.45, 7) is 0.140. The maximum Gasteiger partial charge on any atom is 0.340 e. The topological polar surface area (TPSA) is 105 Å². The lowest BCUT2D eigenvalue weighted by Gasteiger charge is -2.16. The van der Waals surface area contributed by atoms with Gasteiger partial charge in [-0.25, -0.2) is 4.79 Å². The highest BCUT2D eigenvalue weighted by Gasteiger charge is 2.22. The summed E-state index contributed by atoms with van der Waals surface area (Å²) >= 11 is 0. The molecule has 4 rings (SSSR count). The van der Waals surface area contributed by atoms with E-state index >= 15 is 0 Å². The first-order valence-electron chi connectivity index (χ1n) is 10.8. The lowest BCUT2D eigenvalue weighted by Crippen LogP contribution is -2.24. The van der Waals surface area contributed by atoms with Gasteiger partial charge in [0.15, 0.2) is 6.61 Å². The number of benzene rings is 3. The fourth-order valence-electron chi connectivity index (χ4n) is 3.63. The molecule has 34 heavy (non-hydrogen) atoms. The Morgan fingerprint density at radius 1 is 0.882 bits per heavy atom. The van der Waals surface area contributed by atoms with Crippen molar-refractivity contribution in [1.82, 2.24) is 0 Å². The molecule has 3 aromatic rings. The maximum atomic E-state index is 12.6. The van der Waals surface area contributed by atoms with Gasteiger partial charge in [-0.05, 0) is 48.9 Å². The SMILES string of the molecule is O=C(COC(=O)c1ccccc1NC(=O)c1ccccc1)Nc1cccc(N2CCCC2=O)c1. The minimum absolute atomic E-state index is 0.0513. The highest BCUT2D eigenvalue weighted by Crippen LogP contribution is 2.24. The molecule has 3 amide bonds. The highest BCUT2D eigenvalue weighted by molar-refractivity contribution is 6.08. The van der Waals surface area contributed by atoms with Crippen molar-refractivity contribution < 1.29 is 23.9 Å². The summed E-state index contributed by atoms with van der Waals surface area (Å²) in [5.74, 6) is -1.58. The predicted molar refractivity (Wildman–Crippen MR) is 128 cm³/mol. The number of ether oxygens (including phenoxy) is 1. The molecule has 1 saturated heterocycles. The van der Waals surface area contributed by atoms with E-state index in [1.807, 2.05) is 0 Å². The third-order valence-corrected chi connectivity index (χ3v) is 5.28. The Bertz CT molecular complexity index is 1230. The molecule has 0 bridgehead atoms. The molecule has 2 N–H and O–H groups in total. The quantitative estimate of drug-likeness (QED) is 0.524. The molecular formula is C26H23N3O5. The molecule has 0 atom stereocenters. The van der Waals surface area contributed by atoms with Crippen LogP contribution < -0.4 is 15.5 Å². The van der Waals surface area contributed by atoms with E-state index in [1.165, 1.54) is 6.07 Å². The largest absolute Gasteiger partial charge is 0.452 e. The van der Waals surface area contributed by atoms with Crippen molar-refractivity contribution in [1.29, 1.82) is 0 Å². The van der Waals surface area contributed by atoms with Gasteiger partial charge in [0.25, 0.3) is 11.8 Å². The second-order valence-electron chi connectivity index (χ2n) is 7.69. The van der Waals surface area contributed by atoms with Gasteiger partial charge in [-0.15, -0.1) is 0 Å². The predicted octanol–water partition coefficient (Wildman–Crippen LogP) is 3.86. The Hall–Kier alpha value is -4.46. The van der Waals surface area contributed by atoms with Crippen LogP contribution >= 0.6 is 0 Å². The summed E-state index contributed by atoms with van der Waals surface area (Å²) in [7, 11) is 0. The van der Waals surface area contributed by atoms with Gasteiger partial charge in [-0.3, -0.25) is 14.4 Å². The first-order valence-corrected chi connectivity index (χ1v) is 10.8. The molecule has 1 aliphatic heterocycles. The Balaban J connectivity index is 1.36. The first-order chi connectivity index (χ1) is 16.5. The minimum Gasteiger partial charge on any atom is -0.452 e. The van der Waals surface area contributed by atoms with Crippen molar-refractivity contribution >= 4 is 40.8 Å². The lowest BCUT2D eigenvalue weighted by atomic mass is 10.1. The summed E-state index contributed by atoms with van der Waals surface area (Å²) < 4.78 is 5.17. The van der Waals surface area contributed by atoms with Crippen LogP contribution in [0, 0.1) is 0 Å². The molecule has 1 aliphatic rings. The first kappa shape index (κ1) is 22.7. The molecule has 0 aliphatic carbocycles. The van der Waals surface area contributed by atoms with Crippen LogP contribution in [-0.4, -0.2) is 36.8 Å². The summed E-state index contributed by atoms with van der Waals surface area (Å²) in [6, 6.07) is 22.0. The normalized spacial score (nSPS) is 12.8. The lowest BCUT2D eigenvalue weighted by molar-refractivity contribution is -0.119. The van der Waals surface area contributed by atoms with Crippen LogP contribution in [0.1, 0.15) is 33.6 Å². The van der Waals surface area contributed by atoms with Crippen molar-refractivity contribution in [2.45, 2.75) is 12.8 Å². The zero-order valence-electron chi connectivity index (χ0n) is 18.3. The highest BCUT2D eigenvalue weighted by atomic mass is 16.5. The van der Waals surface area contributed by atoms with Crippen LogP contribution in [0.15, 0.2) is 78.9 Å². The van der Waals surface area contributed by atoms with E-state index in [0.717, 1.165) is 6.42 Å². The molecule has 172 valence electrons. The standard InChI is InChI=1S/C26H23N3O5/c30-23(27-19-10-6-11-20(16-19)29-15-7-14-24(29)31)17-34-26(33)21-12-4-5-13-22(21)28-25(32)18-8-2-1-3-9-18/h1-6,8-13,16H,7,14-15,17H2,(H,27,30)(H,28,32). The van der Waals surface area contributed by atoms with Gasteiger partial charge in [0, 0.05) is 29.9 Å². The number of esters is 1. The van der Waals surface area contributed by atoms with Crippen molar-refractivity contribution in [3.8, 4) is 0 Å². The van der Waals surface area contributed by atoms with E-state index in [2.05, 4.69) is 10.6 Å². The molecule has 0 unspecified atom stereocenters. The van der Waals surface area contributed by atoms with Crippen LogP contribution in [-0.2, 0) is 14.3 Å². The Labute approximate surface area is 196 Å². The summed E-state index contributed by atoms with van der Waals surface area (Å²) in [4.78, 5) is 51.0. The number of nitrogens with one attached hydrogen (secondary N) is 2. The third kappa shape index (κ3) is 5.47. The molecular weight excluding hydrogens is 434 g/mol. The monoisotopic (exact) mass is 457 g/mol. The molecule has 1 heterocycles. The fraction of sp³-hybridized carbons (Fsp3) is 0.154. The molecule has 0 spiro atoms. The Morgan fingerprint density at radius 3 is 2.41 bits per heavy atom. The molecule has 8 heteroatoms. The van der Waals surface area contributed by atoms with Gasteiger partial charge >= 0.3 is 5.97 Å². The van der Waals surface area contributed by atoms with Crippen molar-refractivity contribution in [3.63, 3.8) is 0 Å². The zero-order chi connectivity index (χ0) is 23.9. The van der Waals surface area contributed by atoms with Gasteiger partial charge in [-0.2, -0.15) is 0 Å². The maximum absolute atomic E-state index is 12.6. The number of anilines is 3. The summed E-state index contributed by atoms with van der Waals surface area (Å²) in [5.41, 5.74) is 2.07. The molecule has 8 nitrogen and oxygen atoms in total. The number of amides is 3. The molecule has 0 radical (unpaired) electrons. The summed E-state index contributed by atoms with van der Waals surface area (Å²) in [6.07, 6.45) is 1.32. The Kier molecular flexibility index (Phi) is 6.98. The van der Waals surface area contributed by atoms with Crippen molar-refractivity contribution in [2.75, 3.05) is 28.7 Å². The van der Waals surface area contributed by atoms with E-state index < -0.39 is 18.5 Å². The summed E-state index contributed by atoms with van der Waals surface area (Å²) in [5, 5.41) is 5.37. The van der Waals surface area contributed by atoms with Crippen molar-refractivity contribution in [2.24, 2.45) is 0 Å². The van der Waals surface area contributed by atoms with Gasteiger partial charge in [0.2, 0.25) is 5.91 Å². The van der Waals surface area contributed by atoms with Crippen LogP contribution in [0.5, 0.6) is 0 Å². The number of hydrogen-bond acceptors (Lipinski definition) is 5. The molecule has 3 aromatic carbocycles. The minimum atomic E-state index is -0.740. The number of nitrogens with zero attached hydrogens (tertiary/aromatic N) is 1. The zero-order valence-corrected chi connectivity index (χ0v) is 18.3. The van der Waals surface area contributed by atoms with E-state index in [4.69, 9.17) is 4.74 Å². The number of carbonyl (C=O) groups is 4. The second-order valence-corrected chi connectivity index (χ2v) is 7.69. The number of rotatable bonds is 7. The Morgan fingerprint density at radius 2 is 1.65 bits per heavy atom. The molecule has 0 aromatic heterocycles. The van der Waals surface area contributed by atoms with Gasteiger partial charge in [-0.1, -0.05) is 36.4 Å². The van der Waals surface area contributed by atoms with Crippen LogP contribution in [0.2, 0.25) is 0 Å². The number of hydrogen-bond donors (Lipinski definition) is 2. The second kappa shape index (κ2) is 10.4. The number of para-hydroxylation sites is 1. The smallest absolute Gasteiger partial charge is 0.340 e. The van der Waals surface area contributed by atoms with E-state index in [-0.39, 0.29) is 23.1 Å². The van der Waals surface area contributed by atoms with Crippen LogP contribution in [0.25, 0.3) is 0 Å². The van der Waals surface area contributed by atoms with Crippen LogP contribution in [0.3, 0.4) is 0 Å². The average molecular weight is 457 g/mol. The van der Waals surface area contributed by atoms with Crippen LogP contribution in [0.4, 0.5) is 17.1 Å². The van der Waals surface area contributed by atoms with Gasteiger partial charge in [0.1, 0.15) is 0 Å². The molecule has 0 saturated carbocycles.